The van der Waals surface area contributed by atoms with Crippen molar-refractivity contribution in [3.63, 3.8) is 0 Å². The lowest BCUT2D eigenvalue weighted by molar-refractivity contribution is 0.546. The lowest BCUT2D eigenvalue weighted by atomic mass is 10.0. The Morgan fingerprint density at radius 3 is 2.63 bits per heavy atom. The van der Waals surface area contributed by atoms with Gasteiger partial charge in [-0.05, 0) is 12.1 Å². The van der Waals surface area contributed by atoms with Gasteiger partial charge < -0.3 is 9.88 Å². The maximum absolute atomic E-state index is 4.39. The van der Waals surface area contributed by atoms with E-state index in [4.69, 9.17) is 0 Å². The van der Waals surface area contributed by atoms with Crippen molar-refractivity contribution in [2.45, 2.75) is 30.3 Å². The predicted octanol–water partition coefficient (Wildman–Crippen LogP) is 3.25. The number of nitrogens with zero attached hydrogens (tertiary/aromatic N) is 2. The summed E-state index contributed by atoms with van der Waals surface area (Å²) in [5, 5.41) is 5.05. The van der Waals surface area contributed by atoms with E-state index in [1.54, 1.807) is 0 Å². The minimum atomic E-state index is 0.341. The molecule has 1 aromatic heterocycles. The van der Waals surface area contributed by atoms with E-state index in [1.165, 1.54) is 5.56 Å². The molecule has 0 amide bonds. The van der Waals surface area contributed by atoms with E-state index in [0.29, 0.717) is 11.3 Å². The highest BCUT2D eigenvalue weighted by Crippen LogP contribution is 2.30. The maximum atomic E-state index is 4.39. The van der Waals surface area contributed by atoms with Crippen LogP contribution < -0.4 is 5.32 Å². The summed E-state index contributed by atoms with van der Waals surface area (Å²) in [6.45, 7) is 5.36. The van der Waals surface area contributed by atoms with Crippen molar-refractivity contribution >= 4 is 11.8 Å². The van der Waals surface area contributed by atoms with Crippen LogP contribution in [0, 0.1) is 0 Å². The fourth-order valence-electron chi connectivity index (χ4n) is 2.13. The first-order valence-electron chi connectivity index (χ1n) is 6.64. The average Bonchev–Trinajstić information content (AvgIpc) is 2.82. The molecule has 19 heavy (non-hydrogen) atoms. The summed E-state index contributed by atoms with van der Waals surface area (Å²) in [5.74, 6) is 0. The minimum Gasteiger partial charge on any atom is -0.329 e. The van der Waals surface area contributed by atoms with Gasteiger partial charge in [0.25, 0.3) is 0 Å². The van der Waals surface area contributed by atoms with Crippen molar-refractivity contribution in [2.75, 3.05) is 6.54 Å². The average molecular weight is 275 g/mol. The highest BCUT2D eigenvalue weighted by molar-refractivity contribution is 7.99. The van der Waals surface area contributed by atoms with Crippen LogP contribution in [-0.4, -0.2) is 21.3 Å². The lowest BCUT2D eigenvalue weighted by Gasteiger charge is -2.24. The molecule has 1 heterocycles. The topological polar surface area (TPSA) is 29.9 Å². The zero-order valence-electron chi connectivity index (χ0n) is 11.7. The van der Waals surface area contributed by atoms with Gasteiger partial charge in [0, 0.05) is 30.7 Å². The van der Waals surface area contributed by atoms with Crippen molar-refractivity contribution < 1.29 is 0 Å². The van der Waals surface area contributed by atoms with E-state index >= 15 is 0 Å². The van der Waals surface area contributed by atoms with Crippen molar-refractivity contribution in [2.24, 2.45) is 7.05 Å². The van der Waals surface area contributed by atoms with Crippen LogP contribution >= 0.6 is 11.8 Å². The highest BCUT2D eigenvalue weighted by atomic mass is 32.2. The smallest absolute Gasteiger partial charge is 0.167 e. The van der Waals surface area contributed by atoms with Crippen LogP contribution in [0.2, 0.25) is 0 Å². The number of imidazole rings is 1. The number of benzene rings is 1. The molecule has 4 heteroatoms. The van der Waals surface area contributed by atoms with Crippen LogP contribution in [0.5, 0.6) is 0 Å². The Hall–Kier alpha value is -1.26. The summed E-state index contributed by atoms with van der Waals surface area (Å²) in [5.41, 5.74) is 1.33. The summed E-state index contributed by atoms with van der Waals surface area (Å²) in [4.78, 5) is 4.39. The molecule has 0 saturated heterocycles. The number of aromatic nitrogens is 2. The van der Waals surface area contributed by atoms with Gasteiger partial charge in [0.1, 0.15) is 0 Å². The Morgan fingerprint density at radius 2 is 2.05 bits per heavy atom. The molecule has 0 saturated carbocycles. The van der Waals surface area contributed by atoms with Gasteiger partial charge in [0.2, 0.25) is 0 Å². The quantitative estimate of drug-likeness (QED) is 0.821. The zero-order chi connectivity index (χ0) is 13.7. The van der Waals surface area contributed by atoms with Crippen LogP contribution in [0.4, 0.5) is 0 Å². The second-order valence-corrected chi connectivity index (χ2v) is 5.93. The molecule has 0 spiro atoms. The summed E-state index contributed by atoms with van der Waals surface area (Å²) in [6.07, 6.45) is 3.83. The SMILES string of the molecule is CCNC(c1ccccc1)C(C)Sc1nccn1C. The summed E-state index contributed by atoms with van der Waals surface area (Å²) in [6, 6.07) is 11.0. The molecule has 0 radical (unpaired) electrons. The minimum absolute atomic E-state index is 0.341. The molecule has 2 unspecified atom stereocenters. The van der Waals surface area contributed by atoms with Crippen LogP contribution in [0.15, 0.2) is 47.9 Å². The molecule has 2 atom stereocenters. The number of rotatable bonds is 6. The van der Waals surface area contributed by atoms with Crippen molar-refractivity contribution in [3.05, 3.63) is 48.3 Å². The summed E-state index contributed by atoms with van der Waals surface area (Å²) < 4.78 is 2.06. The van der Waals surface area contributed by atoms with E-state index in [9.17, 15) is 0 Å². The van der Waals surface area contributed by atoms with E-state index in [-0.39, 0.29) is 0 Å². The van der Waals surface area contributed by atoms with Gasteiger partial charge in [-0.15, -0.1) is 0 Å². The summed E-state index contributed by atoms with van der Waals surface area (Å²) in [7, 11) is 2.03. The third-order valence-corrected chi connectivity index (χ3v) is 4.37. The van der Waals surface area contributed by atoms with Crippen LogP contribution in [0.3, 0.4) is 0 Å². The van der Waals surface area contributed by atoms with Gasteiger partial charge in [0.05, 0.1) is 0 Å². The molecule has 3 nitrogen and oxygen atoms in total. The van der Waals surface area contributed by atoms with E-state index in [1.807, 2.05) is 31.2 Å². The Balaban J connectivity index is 2.13. The van der Waals surface area contributed by atoms with Crippen molar-refractivity contribution in [1.29, 1.82) is 0 Å². The predicted molar refractivity (Wildman–Crippen MR) is 81.4 cm³/mol. The molecule has 102 valence electrons. The van der Waals surface area contributed by atoms with Gasteiger partial charge in [0.15, 0.2) is 5.16 Å². The number of aryl methyl sites for hydroxylation is 1. The Kier molecular flexibility index (Phi) is 5.05. The second-order valence-electron chi connectivity index (χ2n) is 4.59. The standard InChI is InChI=1S/C15H21N3S/c1-4-16-14(13-8-6-5-7-9-13)12(2)19-15-17-10-11-18(15)3/h5-12,14,16H,4H2,1-3H3. The third-order valence-electron chi connectivity index (χ3n) is 3.12. The Morgan fingerprint density at radius 1 is 1.32 bits per heavy atom. The molecule has 0 bridgehead atoms. The van der Waals surface area contributed by atoms with Gasteiger partial charge in [-0.25, -0.2) is 4.98 Å². The molecule has 0 aliphatic heterocycles. The van der Waals surface area contributed by atoms with E-state index in [0.717, 1.165) is 11.7 Å². The van der Waals surface area contributed by atoms with E-state index < -0.39 is 0 Å². The van der Waals surface area contributed by atoms with Crippen LogP contribution in [-0.2, 0) is 7.05 Å². The zero-order valence-corrected chi connectivity index (χ0v) is 12.5. The first-order valence-corrected chi connectivity index (χ1v) is 7.52. The largest absolute Gasteiger partial charge is 0.329 e. The fraction of sp³-hybridized carbons (Fsp3) is 0.400. The molecule has 0 fully saturated rings. The first kappa shape index (κ1) is 14.2. The fourth-order valence-corrected chi connectivity index (χ4v) is 3.21. The Labute approximate surface area is 119 Å². The number of nitrogens with one attached hydrogen (secondary N) is 1. The first-order chi connectivity index (χ1) is 9.22. The van der Waals surface area contributed by atoms with Gasteiger partial charge >= 0.3 is 0 Å². The molecular weight excluding hydrogens is 254 g/mol. The molecule has 0 aliphatic carbocycles. The second kappa shape index (κ2) is 6.78. The van der Waals surface area contributed by atoms with E-state index in [2.05, 4.69) is 59.0 Å². The molecular formula is C15H21N3S. The van der Waals surface area contributed by atoms with Gasteiger partial charge in [-0.1, -0.05) is 55.9 Å². The van der Waals surface area contributed by atoms with Crippen LogP contribution in [0.25, 0.3) is 0 Å². The molecule has 0 aliphatic rings. The van der Waals surface area contributed by atoms with Crippen molar-refractivity contribution in [3.8, 4) is 0 Å². The maximum Gasteiger partial charge on any atom is 0.167 e. The number of thioether (sulfide) groups is 1. The van der Waals surface area contributed by atoms with Gasteiger partial charge in [-0.2, -0.15) is 0 Å². The molecule has 2 aromatic rings. The molecule has 2 rings (SSSR count). The summed E-state index contributed by atoms with van der Waals surface area (Å²) >= 11 is 1.81. The van der Waals surface area contributed by atoms with Gasteiger partial charge in [-0.3, -0.25) is 0 Å². The monoisotopic (exact) mass is 275 g/mol. The molecule has 1 N–H and O–H groups in total. The Bertz CT molecular complexity index is 495. The third kappa shape index (κ3) is 3.61. The van der Waals surface area contributed by atoms with Crippen molar-refractivity contribution in [1.82, 2.24) is 14.9 Å². The lowest BCUT2D eigenvalue weighted by Crippen LogP contribution is -2.28. The highest BCUT2D eigenvalue weighted by Gasteiger charge is 2.20. The molecule has 1 aromatic carbocycles. The number of hydrogen-bond acceptors (Lipinski definition) is 3. The normalized spacial score (nSPS) is 14.3. The van der Waals surface area contributed by atoms with Crippen LogP contribution in [0.1, 0.15) is 25.5 Å². The number of hydrogen-bond donors (Lipinski definition) is 1.